The zero-order valence-corrected chi connectivity index (χ0v) is 10.1. The Kier molecular flexibility index (Phi) is 2.82. The summed E-state index contributed by atoms with van der Waals surface area (Å²) in [5.41, 5.74) is 0.798. The molecule has 0 saturated heterocycles. The van der Waals surface area contributed by atoms with Gasteiger partial charge in [0.25, 0.3) is 15.2 Å². The van der Waals surface area contributed by atoms with Gasteiger partial charge in [-0.05, 0) is 12.1 Å². The second kappa shape index (κ2) is 4.17. The second-order valence-corrected chi connectivity index (χ2v) is 4.91. The summed E-state index contributed by atoms with van der Waals surface area (Å²) in [6, 6.07) is 5.03. The summed E-state index contributed by atoms with van der Waals surface area (Å²) in [5.74, 6) is 0.253. The number of rotatable bonds is 2. The fourth-order valence-electron chi connectivity index (χ4n) is 1.38. The number of hydrogen-bond acceptors (Lipinski definition) is 6. The van der Waals surface area contributed by atoms with E-state index in [0.717, 1.165) is 0 Å². The standard InChI is InChI=1S/C9H8N6O2S/c1-15-8(13-14-9(15)18(11,16)17)7-3-2-6(4-10)5-12-7/h2-3,5H,1H3,(H2,11,16,17). The van der Waals surface area contributed by atoms with Gasteiger partial charge in [0.05, 0.1) is 5.56 Å². The predicted octanol–water partition coefficient (Wildman–Crippen LogP) is -0.604. The van der Waals surface area contributed by atoms with Crippen molar-refractivity contribution in [3.63, 3.8) is 0 Å². The minimum Gasteiger partial charge on any atom is -0.299 e. The van der Waals surface area contributed by atoms with Crippen molar-refractivity contribution in [2.45, 2.75) is 5.16 Å². The molecule has 2 aromatic heterocycles. The molecule has 0 aliphatic carbocycles. The number of sulfonamides is 1. The SMILES string of the molecule is Cn1c(-c2ccc(C#N)cn2)nnc1S(N)(=O)=O. The molecule has 0 saturated carbocycles. The maximum absolute atomic E-state index is 11.2. The van der Waals surface area contributed by atoms with Crippen LogP contribution in [0.3, 0.4) is 0 Å². The van der Waals surface area contributed by atoms with E-state index in [0.29, 0.717) is 11.3 Å². The third-order valence-electron chi connectivity index (χ3n) is 2.21. The lowest BCUT2D eigenvalue weighted by Gasteiger charge is -2.01. The summed E-state index contributed by atoms with van der Waals surface area (Å²) in [7, 11) is -2.46. The van der Waals surface area contributed by atoms with Gasteiger partial charge in [0.15, 0.2) is 5.82 Å². The van der Waals surface area contributed by atoms with Crippen molar-refractivity contribution in [1.29, 1.82) is 5.26 Å². The molecule has 0 radical (unpaired) electrons. The van der Waals surface area contributed by atoms with Gasteiger partial charge in [0.2, 0.25) is 0 Å². The van der Waals surface area contributed by atoms with Crippen molar-refractivity contribution in [1.82, 2.24) is 19.7 Å². The van der Waals surface area contributed by atoms with Gasteiger partial charge in [-0.25, -0.2) is 13.6 Å². The lowest BCUT2D eigenvalue weighted by molar-refractivity contribution is 0.580. The van der Waals surface area contributed by atoms with E-state index in [-0.39, 0.29) is 11.0 Å². The molecule has 0 bridgehead atoms. The van der Waals surface area contributed by atoms with Crippen LogP contribution in [0.4, 0.5) is 0 Å². The highest BCUT2D eigenvalue weighted by Crippen LogP contribution is 2.16. The molecule has 0 unspecified atom stereocenters. The van der Waals surface area contributed by atoms with E-state index in [9.17, 15) is 8.42 Å². The number of aromatic nitrogens is 4. The highest BCUT2D eigenvalue weighted by atomic mass is 32.2. The van der Waals surface area contributed by atoms with E-state index in [1.807, 2.05) is 6.07 Å². The molecule has 0 aliphatic rings. The van der Waals surface area contributed by atoms with Gasteiger partial charge in [-0.3, -0.25) is 9.55 Å². The summed E-state index contributed by atoms with van der Waals surface area (Å²) in [5, 5.41) is 20.5. The Morgan fingerprint density at radius 3 is 2.56 bits per heavy atom. The van der Waals surface area contributed by atoms with Crippen LogP contribution in [0, 0.1) is 11.3 Å². The van der Waals surface area contributed by atoms with Gasteiger partial charge in [-0.15, -0.1) is 10.2 Å². The zero-order valence-electron chi connectivity index (χ0n) is 9.27. The molecule has 0 aliphatic heterocycles. The van der Waals surface area contributed by atoms with E-state index < -0.39 is 10.0 Å². The number of nitrogens with two attached hydrogens (primary N) is 1. The number of nitrogens with zero attached hydrogens (tertiary/aromatic N) is 5. The van der Waals surface area contributed by atoms with Crippen LogP contribution < -0.4 is 5.14 Å². The monoisotopic (exact) mass is 264 g/mol. The molecule has 0 aromatic carbocycles. The van der Waals surface area contributed by atoms with E-state index in [1.165, 1.54) is 17.8 Å². The molecule has 2 rings (SSSR count). The lowest BCUT2D eigenvalue weighted by atomic mass is 10.2. The van der Waals surface area contributed by atoms with Crippen LogP contribution in [-0.4, -0.2) is 28.2 Å². The Balaban J connectivity index is 2.53. The summed E-state index contributed by atoms with van der Waals surface area (Å²) in [6.45, 7) is 0. The first-order valence-corrected chi connectivity index (χ1v) is 6.27. The topological polar surface area (TPSA) is 128 Å². The number of nitriles is 1. The first-order chi connectivity index (χ1) is 8.43. The van der Waals surface area contributed by atoms with E-state index in [4.69, 9.17) is 10.4 Å². The smallest absolute Gasteiger partial charge is 0.273 e. The van der Waals surface area contributed by atoms with Gasteiger partial charge >= 0.3 is 0 Å². The lowest BCUT2D eigenvalue weighted by Crippen LogP contribution is -2.17. The maximum atomic E-state index is 11.2. The molecular weight excluding hydrogens is 256 g/mol. The van der Waals surface area contributed by atoms with Crippen molar-refractivity contribution in [2.24, 2.45) is 12.2 Å². The van der Waals surface area contributed by atoms with Crippen LogP contribution in [0.5, 0.6) is 0 Å². The zero-order chi connectivity index (χ0) is 13.3. The Morgan fingerprint density at radius 1 is 1.39 bits per heavy atom. The van der Waals surface area contributed by atoms with Gasteiger partial charge < -0.3 is 0 Å². The molecule has 2 aromatic rings. The molecule has 0 amide bonds. The van der Waals surface area contributed by atoms with Crippen LogP contribution >= 0.6 is 0 Å². The van der Waals surface area contributed by atoms with Crippen LogP contribution in [0.1, 0.15) is 5.56 Å². The van der Waals surface area contributed by atoms with E-state index in [2.05, 4.69) is 15.2 Å². The molecule has 2 N–H and O–H groups in total. The fourth-order valence-corrected chi connectivity index (χ4v) is 2.00. The summed E-state index contributed by atoms with van der Waals surface area (Å²) < 4.78 is 23.6. The highest BCUT2D eigenvalue weighted by Gasteiger charge is 2.19. The fraction of sp³-hybridized carbons (Fsp3) is 0.111. The van der Waals surface area contributed by atoms with Gasteiger partial charge in [-0.1, -0.05) is 0 Å². The normalized spacial score (nSPS) is 11.2. The third kappa shape index (κ3) is 2.06. The molecule has 0 atom stereocenters. The Labute approximate surface area is 103 Å². The predicted molar refractivity (Wildman–Crippen MR) is 60.3 cm³/mol. The van der Waals surface area contributed by atoms with Gasteiger partial charge in [-0.2, -0.15) is 5.26 Å². The second-order valence-electron chi connectivity index (χ2n) is 3.45. The number of pyridine rings is 1. The van der Waals surface area contributed by atoms with E-state index >= 15 is 0 Å². The highest BCUT2D eigenvalue weighted by molar-refractivity contribution is 7.89. The molecule has 0 spiro atoms. The van der Waals surface area contributed by atoms with Crippen molar-refractivity contribution >= 4 is 10.0 Å². The quantitative estimate of drug-likeness (QED) is 0.771. The molecule has 18 heavy (non-hydrogen) atoms. The van der Waals surface area contributed by atoms with Crippen molar-refractivity contribution in [3.8, 4) is 17.6 Å². The average molecular weight is 264 g/mol. The number of hydrogen-bond donors (Lipinski definition) is 1. The minimum atomic E-state index is -3.92. The first kappa shape index (κ1) is 12.2. The van der Waals surface area contributed by atoms with Crippen molar-refractivity contribution in [2.75, 3.05) is 0 Å². The van der Waals surface area contributed by atoms with Gasteiger partial charge in [0, 0.05) is 13.2 Å². The maximum Gasteiger partial charge on any atom is 0.273 e. The Hall–Kier alpha value is -2.31. The minimum absolute atomic E-state index is 0.253. The van der Waals surface area contributed by atoms with Crippen molar-refractivity contribution < 1.29 is 8.42 Å². The average Bonchev–Trinajstić information content (AvgIpc) is 2.71. The van der Waals surface area contributed by atoms with Gasteiger partial charge in [0.1, 0.15) is 11.8 Å². The summed E-state index contributed by atoms with van der Waals surface area (Å²) in [4.78, 5) is 3.99. The molecule has 2 heterocycles. The first-order valence-electron chi connectivity index (χ1n) is 4.72. The van der Waals surface area contributed by atoms with Crippen LogP contribution in [0.25, 0.3) is 11.5 Å². The van der Waals surface area contributed by atoms with Crippen LogP contribution in [-0.2, 0) is 17.1 Å². The molecule has 9 heteroatoms. The number of primary sulfonamides is 1. The summed E-state index contributed by atoms with van der Waals surface area (Å²) in [6.07, 6.45) is 1.36. The third-order valence-corrected chi connectivity index (χ3v) is 3.08. The Morgan fingerprint density at radius 2 is 2.11 bits per heavy atom. The van der Waals surface area contributed by atoms with Crippen LogP contribution in [0.2, 0.25) is 0 Å². The molecular formula is C9H8N6O2S. The van der Waals surface area contributed by atoms with Crippen molar-refractivity contribution in [3.05, 3.63) is 23.9 Å². The Bertz CT molecular complexity index is 725. The molecule has 0 fully saturated rings. The van der Waals surface area contributed by atoms with E-state index in [1.54, 1.807) is 12.1 Å². The summed E-state index contributed by atoms with van der Waals surface area (Å²) >= 11 is 0. The van der Waals surface area contributed by atoms with Crippen LogP contribution in [0.15, 0.2) is 23.5 Å². The molecule has 8 nitrogen and oxygen atoms in total. The molecule has 92 valence electrons. The largest absolute Gasteiger partial charge is 0.299 e.